The van der Waals surface area contributed by atoms with Gasteiger partial charge in [0.25, 0.3) is 0 Å². The third kappa shape index (κ3) is 1.87. The Labute approximate surface area is 95.7 Å². The SMILES string of the molecule is COc1c(N)cccc1-c1ccc(C)cc1. The van der Waals surface area contributed by atoms with Crippen LogP contribution in [0.15, 0.2) is 42.5 Å². The normalized spacial score (nSPS) is 10.1. The standard InChI is InChI=1S/C14H15NO/c1-10-6-8-11(9-7-10)12-4-3-5-13(15)14(12)16-2/h3-9H,15H2,1-2H3. The quantitative estimate of drug-likeness (QED) is 0.777. The predicted molar refractivity (Wildman–Crippen MR) is 67.6 cm³/mol. The fourth-order valence-electron chi connectivity index (χ4n) is 1.74. The lowest BCUT2D eigenvalue weighted by atomic mass is 10.0. The Morgan fingerprint density at radius 1 is 1.00 bits per heavy atom. The van der Waals surface area contributed by atoms with Gasteiger partial charge < -0.3 is 10.5 Å². The molecule has 0 aliphatic carbocycles. The number of methoxy groups -OCH3 is 1. The average molecular weight is 213 g/mol. The van der Waals surface area contributed by atoms with Crippen LogP contribution in [0.2, 0.25) is 0 Å². The lowest BCUT2D eigenvalue weighted by Crippen LogP contribution is -1.94. The number of rotatable bonds is 2. The van der Waals surface area contributed by atoms with Crippen LogP contribution in [0.4, 0.5) is 5.69 Å². The van der Waals surface area contributed by atoms with Crippen molar-refractivity contribution in [3.05, 3.63) is 48.0 Å². The third-order valence-corrected chi connectivity index (χ3v) is 2.61. The number of ether oxygens (including phenoxy) is 1. The molecule has 2 nitrogen and oxygen atoms in total. The zero-order valence-corrected chi connectivity index (χ0v) is 9.53. The molecule has 0 spiro atoms. The summed E-state index contributed by atoms with van der Waals surface area (Å²) in [6.45, 7) is 2.07. The van der Waals surface area contributed by atoms with Gasteiger partial charge in [0.05, 0.1) is 12.8 Å². The van der Waals surface area contributed by atoms with E-state index in [1.165, 1.54) is 5.56 Å². The van der Waals surface area contributed by atoms with E-state index in [1.807, 2.05) is 18.2 Å². The van der Waals surface area contributed by atoms with Crippen molar-refractivity contribution in [3.8, 4) is 16.9 Å². The molecule has 0 saturated carbocycles. The molecule has 2 heteroatoms. The van der Waals surface area contributed by atoms with E-state index in [1.54, 1.807) is 7.11 Å². The maximum atomic E-state index is 5.87. The summed E-state index contributed by atoms with van der Waals surface area (Å²) in [6.07, 6.45) is 0. The number of anilines is 1. The van der Waals surface area contributed by atoms with Crippen molar-refractivity contribution in [3.63, 3.8) is 0 Å². The minimum Gasteiger partial charge on any atom is -0.494 e. The smallest absolute Gasteiger partial charge is 0.149 e. The van der Waals surface area contributed by atoms with Crippen molar-refractivity contribution in [2.75, 3.05) is 12.8 Å². The summed E-state index contributed by atoms with van der Waals surface area (Å²) in [6, 6.07) is 14.1. The molecule has 2 rings (SSSR count). The van der Waals surface area contributed by atoms with Gasteiger partial charge in [-0.15, -0.1) is 0 Å². The van der Waals surface area contributed by atoms with Crippen LogP contribution in [0.3, 0.4) is 0 Å². The second-order valence-electron chi connectivity index (χ2n) is 3.79. The van der Waals surface area contributed by atoms with Gasteiger partial charge in [0.15, 0.2) is 0 Å². The molecule has 82 valence electrons. The molecule has 0 fully saturated rings. The fourth-order valence-corrected chi connectivity index (χ4v) is 1.74. The van der Waals surface area contributed by atoms with Crippen LogP contribution in [0, 0.1) is 6.92 Å². The molecule has 0 amide bonds. The number of benzene rings is 2. The van der Waals surface area contributed by atoms with E-state index < -0.39 is 0 Å². The first-order valence-corrected chi connectivity index (χ1v) is 5.22. The van der Waals surface area contributed by atoms with Gasteiger partial charge in [0.2, 0.25) is 0 Å². The van der Waals surface area contributed by atoms with Gasteiger partial charge >= 0.3 is 0 Å². The molecule has 2 aromatic rings. The summed E-state index contributed by atoms with van der Waals surface area (Å²) in [5.74, 6) is 0.742. The summed E-state index contributed by atoms with van der Waals surface area (Å²) in [5, 5.41) is 0. The second-order valence-corrected chi connectivity index (χ2v) is 3.79. The maximum Gasteiger partial charge on any atom is 0.149 e. The van der Waals surface area contributed by atoms with Crippen LogP contribution in [0.1, 0.15) is 5.56 Å². The lowest BCUT2D eigenvalue weighted by Gasteiger charge is -2.11. The minimum atomic E-state index is 0.667. The molecule has 0 bridgehead atoms. The lowest BCUT2D eigenvalue weighted by molar-refractivity contribution is 0.418. The molecular formula is C14H15NO. The second kappa shape index (κ2) is 4.27. The van der Waals surface area contributed by atoms with Gasteiger partial charge in [-0.2, -0.15) is 0 Å². The molecule has 2 N–H and O–H groups in total. The largest absolute Gasteiger partial charge is 0.494 e. The molecular weight excluding hydrogens is 198 g/mol. The Morgan fingerprint density at radius 2 is 1.69 bits per heavy atom. The van der Waals surface area contributed by atoms with Gasteiger partial charge in [-0.25, -0.2) is 0 Å². The molecule has 16 heavy (non-hydrogen) atoms. The number of para-hydroxylation sites is 1. The van der Waals surface area contributed by atoms with Crippen molar-refractivity contribution in [1.82, 2.24) is 0 Å². The fraction of sp³-hybridized carbons (Fsp3) is 0.143. The van der Waals surface area contributed by atoms with Gasteiger partial charge in [-0.05, 0) is 18.6 Å². The molecule has 2 aromatic carbocycles. The van der Waals surface area contributed by atoms with Crippen LogP contribution < -0.4 is 10.5 Å². The molecule has 0 atom stereocenters. The van der Waals surface area contributed by atoms with E-state index in [2.05, 4.69) is 31.2 Å². The molecule has 0 heterocycles. The Hall–Kier alpha value is -1.96. The highest BCUT2D eigenvalue weighted by molar-refractivity contribution is 5.77. The highest BCUT2D eigenvalue weighted by Crippen LogP contribution is 2.34. The predicted octanol–water partition coefficient (Wildman–Crippen LogP) is 3.25. The van der Waals surface area contributed by atoms with Crippen LogP contribution in [0.5, 0.6) is 5.75 Å². The number of nitrogens with two attached hydrogens (primary N) is 1. The molecule has 0 unspecified atom stereocenters. The monoisotopic (exact) mass is 213 g/mol. The van der Waals surface area contributed by atoms with E-state index in [9.17, 15) is 0 Å². The van der Waals surface area contributed by atoms with Gasteiger partial charge in [0, 0.05) is 5.56 Å². The summed E-state index contributed by atoms with van der Waals surface area (Å²) < 4.78 is 5.34. The first kappa shape index (κ1) is 10.6. The van der Waals surface area contributed by atoms with E-state index in [0.717, 1.165) is 16.9 Å². The van der Waals surface area contributed by atoms with Crippen molar-refractivity contribution in [1.29, 1.82) is 0 Å². The van der Waals surface area contributed by atoms with Crippen molar-refractivity contribution >= 4 is 5.69 Å². The number of aryl methyl sites for hydroxylation is 1. The summed E-state index contributed by atoms with van der Waals surface area (Å²) >= 11 is 0. The molecule has 0 radical (unpaired) electrons. The van der Waals surface area contributed by atoms with Crippen LogP contribution in [0.25, 0.3) is 11.1 Å². The number of nitrogen functional groups attached to an aromatic ring is 1. The Balaban J connectivity index is 2.55. The van der Waals surface area contributed by atoms with Crippen molar-refractivity contribution < 1.29 is 4.74 Å². The van der Waals surface area contributed by atoms with Crippen LogP contribution in [-0.4, -0.2) is 7.11 Å². The van der Waals surface area contributed by atoms with E-state index >= 15 is 0 Å². The zero-order valence-electron chi connectivity index (χ0n) is 9.53. The number of hydrogen-bond acceptors (Lipinski definition) is 2. The summed E-state index contributed by atoms with van der Waals surface area (Å²) in [5.41, 5.74) is 9.93. The summed E-state index contributed by atoms with van der Waals surface area (Å²) in [7, 11) is 1.64. The average Bonchev–Trinajstić information content (AvgIpc) is 2.30. The van der Waals surface area contributed by atoms with Crippen LogP contribution >= 0.6 is 0 Å². The van der Waals surface area contributed by atoms with Gasteiger partial charge in [0.1, 0.15) is 5.75 Å². The Bertz CT molecular complexity index is 489. The zero-order chi connectivity index (χ0) is 11.5. The summed E-state index contributed by atoms with van der Waals surface area (Å²) in [4.78, 5) is 0. The van der Waals surface area contributed by atoms with Crippen LogP contribution in [-0.2, 0) is 0 Å². The molecule has 0 aromatic heterocycles. The highest BCUT2D eigenvalue weighted by atomic mass is 16.5. The third-order valence-electron chi connectivity index (χ3n) is 2.61. The molecule has 0 aliphatic rings. The minimum absolute atomic E-state index is 0.667. The first-order valence-electron chi connectivity index (χ1n) is 5.22. The van der Waals surface area contributed by atoms with Gasteiger partial charge in [-0.3, -0.25) is 0 Å². The van der Waals surface area contributed by atoms with E-state index in [4.69, 9.17) is 10.5 Å². The Morgan fingerprint density at radius 3 is 2.31 bits per heavy atom. The maximum absolute atomic E-state index is 5.87. The van der Waals surface area contributed by atoms with E-state index in [-0.39, 0.29) is 0 Å². The molecule has 0 aliphatic heterocycles. The van der Waals surface area contributed by atoms with Gasteiger partial charge in [-0.1, -0.05) is 42.0 Å². The molecule has 0 saturated heterocycles. The highest BCUT2D eigenvalue weighted by Gasteiger charge is 2.07. The van der Waals surface area contributed by atoms with Crippen molar-refractivity contribution in [2.24, 2.45) is 0 Å². The first-order chi connectivity index (χ1) is 7.72. The number of hydrogen-bond donors (Lipinski definition) is 1. The van der Waals surface area contributed by atoms with Crippen molar-refractivity contribution in [2.45, 2.75) is 6.92 Å². The topological polar surface area (TPSA) is 35.2 Å². The Kier molecular flexibility index (Phi) is 2.82. The van der Waals surface area contributed by atoms with E-state index in [0.29, 0.717) is 5.69 Å².